The number of allylic oxidation sites excluding steroid dienone is 1. The number of esters is 1. The number of carbonyl (C=O) groups excluding carboxylic acids is 3. The van der Waals surface area contributed by atoms with E-state index in [2.05, 4.69) is 15.4 Å². The zero-order valence-electron chi connectivity index (χ0n) is 13.6. The van der Waals surface area contributed by atoms with Crippen molar-refractivity contribution in [2.75, 3.05) is 13.7 Å². The lowest BCUT2D eigenvalue weighted by Gasteiger charge is -2.15. The Balaban J connectivity index is 2.53. The Morgan fingerprint density at radius 3 is 2.39 bits per heavy atom. The van der Waals surface area contributed by atoms with Gasteiger partial charge in [0.05, 0.1) is 13.7 Å². The molecule has 23 heavy (non-hydrogen) atoms. The van der Waals surface area contributed by atoms with Gasteiger partial charge in [0.25, 0.3) is 5.91 Å². The fourth-order valence-electron chi connectivity index (χ4n) is 1.81. The fraction of sp³-hybridized carbons (Fsp3) is 0.353. The lowest BCUT2D eigenvalue weighted by atomic mass is 10.1. The zero-order chi connectivity index (χ0) is 17.2. The molecule has 1 aromatic carbocycles. The normalized spacial score (nSPS) is 11.1. The molecule has 0 fully saturated rings. The number of carbonyl (C=O) groups is 3. The van der Waals surface area contributed by atoms with Crippen LogP contribution in [0, 0.1) is 0 Å². The van der Waals surface area contributed by atoms with Gasteiger partial charge in [-0.2, -0.15) is 0 Å². The molecule has 0 aliphatic heterocycles. The Morgan fingerprint density at radius 2 is 1.83 bits per heavy atom. The quantitative estimate of drug-likeness (QED) is 0.588. The topological polar surface area (TPSA) is 84.5 Å². The summed E-state index contributed by atoms with van der Waals surface area (Å²) in [5, 5.41) is 5.06. The molecule has 0 aromatic heterocycles. The first-order valence-corrected chi connectivity index (χ1v) is 7.28. The minimum absolute atomic E-state index is 0.212. The van der Waals surface area contributed by atoms with E-state index >= 15 is 0 Å². The highest BCUT2D eigenvalue weighted by Gasteiger charge is 2.20. The molecule has 0 heterocycles. The number of rotatable bonds is 7. The second-order valence-electron chi connectivity index (χ2n) is 5.21. The van der Waals surface area contributed by atoms with Crippen molar-refractivity contribution in [2.24, 2.45) is 0 Å². The maximum absolute atomic E-state index is 11.9. The van der Waals surface area contributed by atoms with Crippen molar-refractivity contribution < 1.29 is 19.1 Å². The molecular weight excluding hydrogens is 296 g/mol. The molecule has 124 valence electrons. The van der Waals surface area contributed by atoms with Crippen LogP contribution in [0.25, 0.3) is 0 Å². The van der Waals surface area contributed by atoms with Crippen LogP contribution in [0.4, 0.5) is 0 Å². The molecule has 0 saturated heterocycles. The van der Waals surface area contributed by atoms with E-state index in [-0.39, 0.29) is 12.5 Å². The van der Waals surface area contributed by atoms with Gasteiger partial charge in [0, 0.05) is 5.56 Å². The second kappa shape index (κ2) is 9.40. The van der Waals surface area contributed by atoms with Gasteiger partial charge in [-0.25, -0.2) is 4.79 Å². The molecule has 2 N–H and O–H groups in total. The molecule has 0 aliphatic rings. The third-order valence-corrected chi connectivity index (χ3v) is 3.03. The van der Waals surface area contributed by atoms with Crippen LogP contribution in [0.1, 0.15) is 30.6 Å². The van der Waals surface area contributed by atoms with E-state index in [0.29, 0.717) is 12.0 Å². The number of hydrogen-bond acceptors (Lipinski definition) is 4. The van der Waals surface area contributed by atoms with E-state index in [4.69, 9.17) is 0 Å². The summed E-state index contributed by atoms with van der Waals surface area (Å²) < 4.78 is 4.67. The first kappa shape index (κ1) is 18.4. The summed E-state index contributed by atoms with van der Waals surface area (Å²) in [6.45, 7) is 3.59. The van der Waals surface area contributed by atoms with Gasteiger partial charge in [-0.3, -0.25) is 9.59 Å². The van der Waals surface area contributed by atoms with Gasteiger partial charge >= 0.3 is 5.97 Å². The summed E-state index contributed by atoms with van der Waals surface area (Å²) in [5.74, 6) is -1.32. The van der Waals surface area contributed by atoms with Gasteiger partial charge < -0.3 is 15.4 Å². The predicted molar refractivity (Wildman–Crippen MR) is 86.8 cm³/mol. The Kier molecular flexibility index (Phi) is 7.53. The number of nitrogens with one attached hydrogen (secondary N) is 2. The minimum atomic E-state index is -0.768. The third kappa shape index (κ3) is 6.78. The number of amides is 2. The standard InChI is InChI=1S/C17H22N2O4/c1-12(2)9-10-14(17(22)23-3)19-15(20)11-18-16(21)13-7-5-4-6-8-13/h4-9,14H,10-11H2,1-3H3,(H,18,21)(H,19,20)/t14-/m1/s1. The maximum Gasteiger partial charge on any atom is 0.328 e. The van der Waals surface area contributed by atoms with Crippen LogP contribution in [-0.2, 0) is 14.3 Å². The first-order chi connectivity index (χ1) is 10.9. The number of benzene rings is 1. The van der Waals surface area contributed by atoms with Crippen molar-refractivity contribution in [3.63, 3.8) is 0 Å². The van der Waals surface area contributed by atoms with E-state index in [0.717, 1.165) is 5.57 Å². The van der Waals surface area contributed by atoms with Crippen molar-refractivity contribution in [1.29, 1.82) is 0 Å². The van der Waals surface area contributed by atoms with E-state index < -0.39 is 17.9 Å². The van der Waals surface area contributed by atoms with Crippen molar-refractivity contribution >= 4 is 17.8 Å². The van der Waals surface area contributed by atoms with Crippen molar-refractivity contribution in [3.8, 4) is 0 Å². The summed E-state index contributed by atoms with van der Waals surface area (Å²) >= 11 is 0. The largest absolute Gasteiger partial charge is 0.467 e. The summed E-state index contributed by atoms with van der Waals surface area (Å²) in [7, 11) is 1.27. The zero-order valence-corrected chi connectivity index (χ0v) is 13.6. The van der Waals surface area contributed by atoms with E-state index in [1.165, 1.54) is 7.11 Å². The maximum atomic E-state index is 11.9. The Bertz CT molecular complexity index is 578. The SMILES string of the molecule is COC(=O)[C@@H](CC=C(C)C)NC(=O)CNC(=O)c1ccccc1. The van der Waals surface area contributed by atoms with Crippen molar-refractivity contribution in [3.05, 3.63) is 47.5 Å². The highest BCUT2D eigenvalue weighted by atomic mass is 16.5. The highest BCUT2D eigenvalue weighted by Crippen LogP contribution is 2.01. The molecule has 1 atom stereocenters. The molecule has 6 nitrogen and oxygen atoms in total. The molecule has 0 radical (unpaired) electrons. The van der Waals surface area contributed by atoms with Crippen LogP contribution in [0.5, 0.6) is 0 Å². The Labute approximate surface area is 135 Å². The summed E-state index contributed by atoms with van der Waals surface area (Å²) in [6, 6.07) is 7.81. The van der Waals surface area contributed by atoms with Gasteiger partial charge in [-0.15, -0.1) is 0 Å². The summed E-state index contributed by atoms with van der Waals surface area (Å²) in [5.41, 5.74) is 1.50. The van der Waals surface area contributed by atoms with Gasteiger partial charge in [0.15, 0.2) is 0 Å². The Morgan fingerprint density at radius 1 is 1.17 bits per heavy atom. The van der Waals surface area contributed by atoms with Crippen LogP contribution >= 0.6 is 0 Å². The summed E-state index contributed by atoms with van der Waals surface area (Å²) in [4.78, 5) is 35.4. The van der Waals surface area contributed by atoms with E-state index in [1.807, 2.05) is 19.9 Å². The molecule has 0 aliphatic carbocycles. The van der Waals surface area contributed by atoms with Gasteiger partial charge in [0.2, 0.25) is 5.91 Å². The molecule has 1 aromatic rings. The molecule has 1 rings (SSSR count). The monoisotopic (exact) mass is 318 g/mol. The molecule has 0 unspecified atom stereocenters. The number of hydrogen-bond donors (Lipinski definition) is 2. The number of methoxy groups -OCH3 is 1. The van der Waals surface area contributed by atoms with Gasteiger partial charge in [0.1, 0.15) is 6.04 Å². The van der Waals surface area contributed by atoms with E-state index in [9.17, 15) is 14.4 Å². The van der Waals surface area contributed by atoms with Gasteiger partial charge in [-0.1, -0.05) is 29.8 Å². The fourth-order valence-corrected chi connectivity index (χ4v) is 1.81. The first-order valence-electron chi connectivity index (χ1n) is 7.28. The summed E-state index contributed by atoms with van der Waals surface area (Å²) in [6.07, 6.45) is 2.18. The van der Waals surface area contributed by atoms with Crippen LogP contribution in [-0.4, -0.2) is 37.5 Å². The average Bonchev–Trinajstić information content (AvgIpc) is 2.56. The predicted octanol–water partition coefficient (Wildman–Crippen LogP) is 1.43. The lowest BCUT2D eigenvalue weighted by Crippen LogP contribution is -2.45. The molecule has 0 saturated carbocycles. The van der Waals surface area contributed by atoms with E-state index in [1.54, 1.807) is 30.3 Å². The second-order valence-corrected chi connectivity index (χ2v) is 5.21. The van der Waals surface area contributed by atoms with Crippen LogP contribution in [0.15, 0.2) is 42.0 Å². The van der Waals surface area contributed by atoms with Crippen LogP contribution in [0.3, 0.4) is 0 Å². The average molecular weight is 318 g/mol. The van der Waals surface area contributed by atoms with Crippen LogP contribution < -0.4 is 10.6 Å². The highest BCUT2D eigenvalue weighted by molar-refractivity contribution is 5.96. The van der Waals surface area contributed by atoms with Gasteiger partial charge in [-0.05, 0) is 32.4 Å². The van der Waals surface area contributed by atoms with Crippen molar-refractivity contribution in [2.45, 2.75) is 26.3 Å². The third-order valence-electron chi connectivity index (χ3n) is 3.03. The smallest absolute Gasteiger partial charge is 0.328 e. The molecule has 0 spiro atoms. The van der Waals surface area contributed by atoms with Crippen LogP contribution in [0.2, 0.25) is 0 Å². The van der Waals surface area contributed by atoms with Crippen molar-refractivity contribution in [1.82, 2.24) is 10.6 Å². The molecular formula is C17H22N2O4. The number of ether oxygens (including phenoxy) is 1. The molecule has 2 amide bonds. The minimum Gasteiger partial charge on any atom is -0.467 e. The molecule has 0 bridgehead atoms. The molecule has 6 heteroatoms. The Hall–Kier alpha value is -2.63. The lowest BCUT2D eigenvalue weighted by molar-refractivity contribution is -0.144.